The quantitative estimate of drug-likeness (QED) is 0.284. The highest BCUT2D eigenvalue weighted by atomic mass is 16.6. The molecular formula is C27H41N3O7. The summed E-state index contributed by atoms with van der Waals surface area (Å²) in [6.07, 6.45) is 2.76. The molecule has 1 aromatic carbocycles. The molecule has 1 heterocycles. The molecule has 3 N–H and O–H groups in total. The van der Waals surface area contributed by atoms with Gasteiger partial charge in [-0.05, 0) is 60.1 Å². The Kier molecular flexibility index (Phi) is 10.8. The summed E-state index contributed by atoms with van der Waals surface area (Å²) in [5, 5.41) is 16.3. The summed E-state index contributed by atoms with van der Waals surface area (Å²) in [5.41, 5.74) is 2.65. The molecule has 0 saturated carbocycles. The number of benzene rings is 1. The van der Waals surface area contributed by atoms with E-state index in [0.717, 1.165) is 11.1 Å². The van der Waals surface area contributed by atoms with E-state index in [-0.39, 0.29) is 23.8 Å². The second kappa shape index (κ2) is 13.3. The van der Waals surface area contributed by atoms with Crippen molar-refractivity contribution in [3.05, 3.63) is 33.9 Å². The van der Waals surface area contributed by atoms with Crippen LogP contribution in [-0.2, 0) is 27.3 Å². The van der Waals surface area contributed by atoms with E-state index in [0.29, 0.717) is 62.3 Å². The first-order valence-corrected chi connectivity index (χ1v) is 12.5. The van der Waals surface area contributed by atoms with Crippen LogP contribution in [0.1, 0.15) is 67.6 Å². The first-order chi connectivity index (χ1) is 17.3. The van der Waals surface area contributed by atoms with Crippen LogP contribution in [0.2, 0.25) is 0 Å². The van der Waals surface area contributed by atoms with Gasteiger partial charge in [0.15, 0.2) is 0 Å². The number of esters is 1. The van der Waals surface area contributed by atoms with Crippen molar-refractivity contribution in [2.45, 2.75) is 66.1 Å². The largest absolute Gasteiger partial charge is 0.507 e. The molecule has 0 saturated heterocycles. The predicted molar refractivity (Wildman–Crippen MR) is 140 cm³/mol. The number of methoxy groups -OCH3 is 1. The molecule has 0 unspecified atom stereocenters. The van der Waals surface area contributed by atoms with Crippen LogP contribution in [0.25, 0.3) is 0 Å². The maximum atomic E-state index is 12.3. The Balaban J connectivity index is 1.75. The fraction of sp³-hybridized carbons (Fsp3) is 0.593. The van der Waals surface area contributed by atoms with Gasteiger partial charge in [0.25, 0.3) is 0 Å². The van der Waals surface area contributed by atoms with Gasteiger partial charge < -0.3 is 34.9 Å². The van der Waals surface area contributed by atoms with Gasteiger partial charge in [0.2, 0.25) is 5.91 Å². The third-order valence-corrected chi connectivity index (χ3v) is 6.03. The Morgan fingerprint density at radius 3 is 2.43 bits per heavy atom. The van der Waals surface area contributed by atoms with E-state index in [1.54, 1.807) is 0 Å². The molecule has 10 nitrogen and oxygen atoms in total. The van der Waals surface area contributed by atoms with Gasteiger partial charge in [-0.1, -0.05) is 11.6 Å². The van der Waals surface area contributed by atoms with Crippen molar-refractivity contribution in [2.75, 3.05) is 40.3 Å². The Bertz CT molecular complexity index is 1030. The molecule has 0 aliphatic carbocycles. The van der Waals surface area contributed by atoms with E-state index >= 15 is 0 Å². The number of nitrogens with zero attached hydrogens (tertiary/aromatic N) is 1. The number of ether oxygens (including phenoxy) is 3. The summed E-state index contributed by atoms with van der Waals surface area (Å²) in [4.78, 5) is 38.0. The lowest BCUT2D eigenvalue weighted by Gasteiger charge is -2.21. The molecule has 0 atom stereocenters. The Hall–Kier alpha value is -3.27. The van der Waals surface area contributed by atoms with Crippen molar-refractivity contribution in [3.8, 4) is 11.5 Å². The molecule has 2 amide bonds. The maximum absolute atomic E-state index is 12.3. The molecule has 10 heteroatoms. The minimum absolute atomic E-state index is 0.0513. The van der Waals surface area contributed by atoms with Crippen LogP contribution in [0.5, 0.6) is 11.5 Å². The molecule has 0 aromatic heterocycles. The van der Waals surface area contributed by atoms with Crippen molar-refractivity contribution in [3.63, 3.8) is 0 Å². The second-order valence-corrected chi connectivity index (χ2v) is 10.3. The number of fused-ring (bicyclic) bond motifs is 1. The topological polar surface area (TPSA) is 126 Å². The zero-order valence-electron chi connectivity index (χ0n) is 23.1. The van der Waals surface area contributed by atoms with Crippen LogP contribution in [0, 0.1) is 6.92 Å². The number of carbonyl (C=O) groups is 3. The van der Waals surface area contributed by atoms with Crippen molar-refractivity contribution >= 4 is 18.0 Å². The van der Waals surface area contributed by atoms with E-state index in [1.807, 2.05) is 52.6 Å². The Labute approximate surface area is 219 Å². The van der Waals surface area contributed by atoms with Gasteiger partial charge in [-0.15, -0.1) is 0 Å². The Morgan fingerprint density at radius 1 is 1.16 bits per heavy atom. The molecule has 0 bridgehead atoms. The average Bonchev–Trinajstić information content (AvgIpc) is 3.19. The number of allylic oxidation sites excluding steroid dienone is 2. The number of aromatic hydroxyl groups is 1. The van der Waals surface area contributed by atoms with Gasteiger partial charge >= 0.3 is 12.1 Å². The van der Waals surface area contributed by atoms with Crippen LogP contribution >= 0.6 is 0 Å². The zero-order chi connectivity index (χ0) is 27.8. The van der Waals surface area contributed by atoms with Crippen molar-refractivity contribution in [1.82, 2.24) is 15.5 Å². The van der Waals surface area contributed by atoms with Crippen LogP contribution in [0.4, 0.5) is 4.79 Å². The van der Waals surface area contributed by atoms with Gasteiger partial charge in [-0.25, -0.2) is 9.59 Å². The maximum Gasteiger partial charge on any atom is 0.407 e. The summed E-state index contributed by atoms with van der Waals surface area (Å²) >= 11 is 0. The van der Waals surface area contributed by atoms with Gasteiger partial charge in [0, 0.05) is 43.7 Å². The van der Waals surface area contributed by atoms with Crippen LogP contribution in [0.3, 0.4) is 0 Å². The van der Waals surface area contributed by atoms with Crippen LogP contribution in [0.15, 0.2) is 11.6 Å². The first kappa shape index (κ1) is 30.0. The van der Waals surface area contributed by atoms with Crippen LogP contribution < -0.4 is 15.4 Å². The molecule has 0 spiro atoms. The third-order valence-electron chi connectivity index (χ3n) is 6.03. The number of alkyl carbamates (subject to hydrolysis) is 1. The molecule has 1 aliphatic rings. The smallest absolute Gasteiger partial charge is 0.407 e. The fourth-order valence-electron chi connectivity index (χ4n) is 3.97. The number of likely N-dealkylation sites (N-methyl/N-ethyl adjacent to an activating group) is 1. The predicted octanol–water partition coefficient (Wildman–Crippen LogP) is 3.22. The highest BCUT2D eigenvalue weighted by Crippen LogP contribution is 2.42. The van der Waals surface area contributed by atoms with E-state index in [9.17, 15) is 19.5 Å². The standard InChI is InChI=1S/C27H41N3O7/c1-17(8-10-19-23(32)22-20(16-36-25(22)33)18(2)24(19)35-7)9-11-21(31)28-12-14-30(6)15-13-29-26(34)37-27(3,4)5/h8,32H,9-16H2,1-7H3,(H,28,31)(H,29,34)/b17-8+. The van der Waals surface area contributed by atoms with Gasteiger partial charge in [0.1, 0.15) is 29.3 Å². The monoisotopic (exact) mass is 519 g/mol. The number of nitrogens with one attached hydrogen (secondary N) is 2. The highest BCUT2D eigenvalue weighted by Gasteiger charge is 2.31. The summed E-state index contributed by atoms with van der Waals surface area (Å²) in [6, 6.07) is 0. The number of phenols is 1. The summed E-state index contributed by atoms with van der Waals surface area (Å²) in [6.45, 7) is 11.6. The molecule has 1 aromatic rings. The summed E-state index contributed by atoms with van der Waals surface area (Å²) in [7, 11) is 3.45. The number of rotatable bonds is 12. The van der Waals surface area contributed by atoms with Crippen molar-refractivity contribution in [2.24, 2.45) is 0 Å². The van der Waals surface area contributed by atoms with Crippen molar-refractivity contribution in [1.29, 1.82) is 0 Å². The van der Waals surface area contributed by atoms with Gasteiger partial charge in [-0.2, -0.15) is 0 Å². The normalized spacial score (nSPS) is 13.3. The Morgan fingerprint density at radius 2 is 1.81 bits per heavy atom. The summed E-state index contributed by atoms with van der Waals surface area (Å²) in [5.74, 6) is -0.139. The molecule has 1 aliphatic heterocycles. The molecule has 0 radical (unpaired) electrons. The SMILES string of the molecule is COc1c(C)c2c(c(O)c1C/C=C(\C)CCC(=O)NCCN(C)CCNC(=O)OC(C)(C)C)C(=O)OC2. The number of phenolic OH excluding ortho intramolecular Hbond substituents is 1. The third kappa shape index (κ3) is 8.96. The fourth-order valence-corrected chi connectivity index (χ4v) is 3.97. The minimum atomic E-state index is -0.529. The first-order valence-electron chi connectivity index (χ1n) is 12.5. The number of amides is 2. The lowest BCUT2D eigenvalue weighted by atomic mass is 9.94. The molecule has 37 heavy (non-hydrogen) atoms. The minimum Gasteiger partial charge on any atom is -0.507 e. The molecule has 0 fully saturated rings. The number of hydrogen-bond donors (Lipinski definition) is 3. The number of cyclic esters (lactones) is 1. The van der Waals surface area contributed by atoms with Gasteiger partial charge in [-0.3, -0.25) is 4.79 Å². The van der Waals surface area contributed by atoms with Gasteiger partial charge in [0.05, 0.1) is 7.11 Å². The van der Waals surface area contributed by atoms with E-state index in [2.05, 4.69) is 10.6 Å². The molecule has 2 rings (SSSR count). The second-order valence-electron chi connectivity index (χ2n) is 10.3. The number of carbonyl (C=O) groups excluding carboxylic acids is 3. The number of hydrogen-bond acceptors (Lipinski definition) is 8. The van der Waals surface area contributed by atoms with E-state index < -0.39 is 17.7 Å². The highest BCUT2D eigenvalue weighted by molar-refractivity contribution is 5.98. The molecular weight excluding hydrogens is 478 g/mol. The lowest BCUT2D eigenvalue weighted by Crippen LogP contribution is -2.39. The molecule has 206 valence electrons. The summed E-state index contributed by atoms with van der Waals surface area (Å²) < 4.78 is 15.8. The zero-order valence-corrected chi connectivity index (χ0v) is 23.1. The van der Waals surface area contributed by atoms with E-state index in [4.69, 9.17) is 14.2 Å². The van der Waals surface area contributed by atoms with Crippen LogP contribution in [-0.4, -0.2) is 73.9 Å². The van der Waals surface area contributed by atoms with E-state index in [1.165, 1.54) is 7.11 Å². The van der Waals surface area contributed by atoms with Crippen molar-refractivity contribution < 1.29 is 33.7 Å². The lowest BCUT2D eigenvalue weighted by molar-refractivity contribution is -0.121. The average molecular weight is 520 g/mol.